The number of phenols is 1. The highest BCUT2D eigenvalue weighted by Gasteiger charge is 2.15. The number of benzene rings is 1. The van der Waals surface area contributed by atoms with Gasteiger partial charge in [0.1, 0.15) is 11.4 Å². The van der Waals surface area contributed by atoms with Crippen LogP contribution in [0.2, 0.25) is 0 Å². The van der Waals surface area contributed by atoms with Crippen LogP contribution in [0.4, 0.5) is 11.4 Å². The summed E-state index contributed by atoms with van der Waals surface area (Å²) in [5, 5.41) is 13.0. The first-order valence-electron chi connectivity index (χ1n) is 6.78. The maximum absolute atomic E-state index is 9.60. The third-order valence-electron chi connectivity index (χ3n) is 3.30. The van der Waals surface area contributed by atoms with Gasteiger partial charge in [-0.05, 0) is 30.7 Å². The van der Waals surface area contributed by atoms with Crippen LogP contribution in [-0.4, -0.2) is 31.3 Å². The van der Waals surface area contributed by atoms with Gasteiger partial charge in [0, 0.05) is 26.3 Å². The van der Waals surface area contributed by atoms with E-state index in [1.807, 2.05) is 44.1 Å². The number of ether oxygens (including phenoxy) is 1. The topological polar surface area (TPSA) is 57.6 Å². The Morgan fingerprint density at radius 1 is 1.29 bits per heavy atom. The van der Waals surface area contributed by atoms with Crippen molar-refractivity contribution < 1.29 is 9.84 Å². The Bertz CT molecular complexity index is 614. The van der Waals surface area contributed by atoms with Gasteiger partial charge < -0.3 is 20.1 Å². The minimum atomic E-state index is 0.00824. The van der Waals surface area contributed by atoms with Gasteiger partial charge in [-0.15, -0.1) is 0 Å². The molecular formula is C16H21N3O2. The highest BCUT2D eigenvalue weighted by atomic mass is 16.5. The van der Waals surface area contributed by atoms with E-state index in [4.69, 9.17) is 4.74 Å². The lowest BCUT2D eigenvalue weighted by Gasteiger charge is -2.23. The molecule has 1 aromatic heterocycles. The van der Waals surface area contributed by atoms with Crippen LogP contribution in [0.25, 0.3) is 0 Å². The van der Waals surface area contributed by atoms with E-state index in [0.717, 1.165) is 16.9 Å². The number of methoxy groups -OCH3 is 1. The molecule has 0 aliphatic carbocycles. The normalized spacial score (nSPS) is 11.8. The summed E-state index contributed by atoms with van der Waals surface area (Å²) in [5.41, 5.74) is 2.82. The SMILES string of the molecule is COc1nccc(N(C)C)c1NC(C)c1cccc(O)c1. The van der Waals surface area contributed by atoms with Crippen LogP contribution < -0.4 is 15.0 Å². The molecule has 112 valence electrons. The number of nitrogens with one attached hydrogen (secondary N) is 1. The number of nitrogens with zero attached hydrogens (tertiary/aromatic N) is 2. The zero-order valence-electron chi connectivity index (χ0n) is 12.8. The third-order valence-corrected chi connectivity index (χ3v) is 3.30. The fourth-order valence-corrected chi connectivity index (χ4v) is 2.19. The van der Waals surface area contributed by atoms with Crippen molar-refractivity contribution in [3.05, 3.63) is 42.1 Å². The molecule has 2 aromatic rings. The van der Waals surface area contributed by atoms with Crippen molar-refractivity contribution in [1.29, 1.82) is 0 Å². The lowest BCUT2D eigenvalue weighted by molar-refractivity contribution is 0.399. The molecule has 0 saturated carbocycles. The predicted molar refractivity (Wildman–Crippen MR) is 85.3 cm³/mol. The zero-order valence-corrected chi connectivity index (χ0v) is 12.8. The van der Waals surface area contributed by atoms with Crippen molar-refractivity contribution in [2.45, 2.75) is 13.0 Å². The molecular weight excluding hydrogens is 266 g/mol. The summed E-state index contributed by atoms with van der Waals surface area (Å²) in [6.07, 6.45) is 1.72. The summed E-state index contributed by atoms with van der Waals surface area (Å²) in [5.74, 6) is 0.806. The summed E-state index contributed by atoms with van der Waals surface area (Å²) in [6.45, 7) is 2.03. The number of pyridine rings is 1. The van der Waals surface area contributed by atoms with Gasteiger partial charge in [-0.1, -0.05) is 12.1 Å². The molecule has 0 aliphatic rings. The van der Waals surface area contributed by atoms with Crippen molar-refractivity contribution >= 4 is 11.4 Å². The molecule has 2 N–H and O–H groups in total. The van der Waals surface area contributed by atoms with Crippen LogP contribution in [0.1, 0.15) is 18.5 Å². The number of hydrogen-bond donors (Lipinski definition) is 2. The van der Waals surface area contributed by atoms with Gasteiger partial charge in [0.05, 0.1) is 12.8 Å². The molecule has 0 saturated heterocycles. The Morgan fingerprint density at radius 2 is 2.05 bits per heavy atom. The number of rotatable bonds is 5. The van der Waals surface area contributed by atoms with Gasteiger partial charge in [-0.25, -0.2) is 4.98 Å². The standard InChI is InChI=1S/C16H21N3O2/c1-11(12-6-5-7-13(20)10-12)18-15-14(19(2)3)8-9-17-16(15)21-4/h5-11,18,20H,1-4H3. The monoisotopic (exact) mass is 287 g/mol. The molecule has 0 bridgehead atoms. The number of phenolic OH excluding ortho intramolecular Hbond substituents is 1. The van der Waals surface area contributed by atoms with Crippen LogP contribution in [0, 0.1) is 0 Å². The second-order valence-electron chi connectivity index (χ2n) is 5.07. The van der Waals surface area contributed by atoms with Crippen LogP contribution in [0.5, 0.6) is 11.6 Å². The highest BCUT2D eigenvalue weighted by molar-refractivity contribution is 5.74. The van der Waals surface area contributed by atoms with Gasteiger partial charge in [-0.2, -0.15) is 0 Å². The Morgan fingerprint density at radius 3 is 2.67 bits per heavy atom. The van der Waals surface area contributed by atoms with E-state index in [1.165, 1.54) is 0 Å². The summed E-state index contributed by atoms with van der Waals surface area (Å²) in [7, 11) is 5.55. The minimum absolute atomic E-state index is 0.00824. The van der Waals surface area contributed by atoms with Crippen LogP contribution in [0.3, 0.4) is 0 Å². The number of aromatic hydroxyl groups is 1. The van der Waals surface area contributed by atoms with Crippen molar-refractivity contribution in [2.24, 2.45) is 0 Å². The number of aromatic nitrogens is 1. The van der Waals surface area contributed by atoms with Gasteiger partial charge >= 0.3 is 0 Å². The molecule has 1 atom stereocenters. The molecule has 2 rings (SSSR count). The highest BCUT2D eigenvalue weighted by Crippen LogP contribution is 2.35. The van der Waals surface area contributed by atoms with Crippen molar-refractivity contribution in [2.75, 3.05) is 31.4 Å². The molecule has 0 spiro atoms. The molecule has 1 aromatic carbocycles. The van der Waals surface area contributed by atoms with Crippen molar-refractivity contribution in [3.8, 4) is 11.6 Å². The van der Waals surface area contributed by atoms with Gasteiger partial charge in [0.25, 0.3) is 0 Å². The van der Waals surface area contributed by atoms with Crippen molar-refractivity contribution in [3.63, 3.8) is 0 Å². The first-order valence-corrected chi connectivity index (χ1v) is 6.78. The van der Waals surface area contributed by atoms with Crippen LogP contribution in [-0.2, 0) is 0 Å². The van der Waals surface area contributed by atoms with Crippen LogP contribution >= 0.6 is 0 Å². The lowest BCUT2D eigenvalue weighted by atomic mass is 10.1. The molecule has 21 heavy (non-hydrogen) atoms. The number of anilines is 2. The van der Waals surface area contributed by atoms with E-state index in [0.29, 0.717) is 5.88 Å². The lowest BCUT2D eigenvalue weighted by Crippen LogP contribution is -2.15. The maximum atomic E-state index is 9.60. The summed E-state index contributed by atoms with van der Waals surface area (Å²) in [4.78, 5) is 6.25. The minimum Gasteiger partial charge on any atom is -0.508 e. The molecule has 0 amide bonds. The van der Waals surface area contributed by atoms with Gasteiger partial charge in [0.2, 0.25) is 5.88 Å². The van der Waals surface area contributed by atoms with Gasteiger partial charge in [-0.3, -0.25) is 0 Å². The fourth-order valence-electron chi connectivity index (χ4n) is 2.19. The molecule has 0 aliphatic heterocycles. The molecule has 0 fully saturated rings. The third kappa shape index (κ3) is 3.37. The van der Waals surface area contributed by atoms with Gasteiger partial charge in [0.15, 0.2) is 0 Å². The first kappa shape index (κ1) is 15.0. The summed E-state index contributed by atoms with van der Waals surface area (Å²) >= 11 is 0. The maximum Gasteiger partial charge on any atom is 0.239 e. The Labute approximate surface area is 125 Å². The molecule has 1 heterocycles. The van der Waals surface area contributed by atoms with E-state index >= 15 is 0 Å². The van der Waals surface area contributed by atoms with E-state index in [1.54, 1.807) is 25.4 Å². The Kier molecular flexibility index (Phi) is 4.52. The summed E-state index contributed by atoms with van der Waals surface area (Å²) in [6, 6.07) is 9.14. The molecule has 1 unspecified atom stereocenters. The average Bonchev–Trinajstić information content (AvgIpc) is 2.47. The Balaban J connectivity index is 2.34. The Hall–Kier alpha value is -2.43. The van der Waals surface area contributed by atoms with E-state index in [-0.39, 0.29) is 11.8 Å². The molecule has 5 heteroatoms. The second-order valence-corrected chi connectivity index (χ2v) is 5.07. The van der Waals surface area contributed by atoms with E-state index in [2.05, 4.69) is 10.3 Å². The molecule has 0 radical (unpaired) electrons. The van der Waals surface area contributed by atoms with Crippen LogP contribution in [0.15, 0.2) is 36.5 Å². The smallest absolute Gasteiger partial charge is 0.239 e. The summed E-state index contributed by atoms with van der Waals surface area (Å²) < 4.78 is 5.35. The number of hydrogen-bond acceptors (Lipinski definition) is 5. The second kappa shape index (κ2) is 6.35. The van der Waals surface area contributed by atoms with E-state index < -0.39 is 0 Å². The van der Waals surface area contributed by atoms with E-state index in [9.17, 15) is 5.11 Å². The fraction of sp³-hybridized carbons (Fsp3) is 0.312. The predicted octanol–water partition coefficient (Wildman–Crippen LogP) is 3.03. The zero-order chi connectivity index (χ0) is 15.4. The average molecular weight is 287 g/mol. The quantitative estimate of drug-likeness (QED) is 0.885. The van der Waals surface area contributed by atoms with Crippen molar-refractivity contribution in [1.82, 2.24) is 4.98 Å². The first-order chi connectivity index (χ1) is 10.0. The molecule has 5 nitrogen and oxygen atoms in total. The largest absolute Gasteiger partial charge is 0.508 e.